The molecule has 0 fully saturated rings. The van der Waals surface area contributed by atoms with Crippen LogP contribution in [0.2, 0.25) is 4.34 Å². The van der Waals surface area contributed by atoms with Crippen molar-refractivity contribution in [1.29, 1.82) is 0 Å². The van der Waals surface area contributed by atoms with Crippen LogP contribution in [-0.4, -0.2) is 13.1 Å². The number of rotatable bonds is 3. The summed E-state index contributed by atoms with van der Waals surface area (Å²) < 4.78 is 5.22. The third kappa shape index (κ3) is 2.86. The van der Waals surface area contributed by atoms with Gasteiger partial charge in [-0.3, -0.25) is 4.79 Å². The van der Waals surface area contributed by atoms with E-state index < -0.39 is 0 Å². The normalized spacial score (nSPS) is 9.69. The fourth-order valence-corrected chi connectivity index (χ4v) is 1.85. The van der Waals surface area contributed by atoms with Crippen LogP contribution in [0, 0.1) is 0 Å². The monoisotopic (exact) mass is 216 g/mol. The first kappa shape index (κ1) is 10.3. The third-order valence-electron chi connectivity index (χ3n) is 1.51. The first-order valence-corrected chi connectivity index (χ1v) is 4.83. The Kier molecular flexibility index (Phi) is 3.51. The Labute approximate surface area is 85.8 Å². The van der Waals surface area contributed by atoms with Crippen LogP contribution in [0.15, 0.2) is 18.7 Å². The summed E-state index contributed by atoms with van der Waals surface area (Å²) in [4.78, 5) is 11.8. The zero-order valence-electron chi connectivity index (χ0n) is 7.17. The number of hydrogen-bond acceptors (Lipinski definition) is 3. The van der Waals surface area contributed by atoms with Gasteiger partial charge in [0, 0.05) is 4.88 Å². The molecule has 0 N–H and O–H groups in total. The maximum Gasteiger partial charge on any atom is 0.310 e. The van der Waals surface area contributed by atoms with Crippen molar-refractivity contribution in [2.45, 2.75) is 6.42 Å². The number of esters is 1. The van der Waals surface area contributed by atoms with Crippen molar-refractivity contribution in [3.05, 3.63) is 27.9 Å². The maximum absolute atomic E-state index is 10.9. The quantitative estimate of drug-likeness (QED) is 0.727. The Morgan fingerprint density at radius 1 is 1.69 bits per heavy atom. The molecule has 1 heterocycles. The summed E-state index contributed by atoms with van der Waals surface area (Å²) >= 11 is 7.14. The number of halogens is 1. The molecular formula is C9H9ClO2S. The van der Waals surface area contributed by atoms with E-state index in [1.165, 1.54) is 18.4 Å². The molecule has 1 aromatic heterocycles. The smallest absolute Gasteiger partial charge is 0.310 e. The molecule has 1 rings (SSSR count). The summed E-state index contributed by atoms with van der Waals surface area (Å²) in [6.45, 7) is 3.78. The average Bonchev–Trinajstić information content (AvgIpc) is 2.51. The molecule has 1 aromatic rings. The summed E-state index contributed by atoms with van der Waals surface area (Å²) in [5, 5.41) is 0. The molecule has 0 aliphatic heterocycles. The van der Waals surface area contributed by atoms with Gasteiger partial charge in [0.25, 0.3) is 0 Å². The molecule has 70 valence electrons. The van der Waals surface area contributed by atoms with Crippen LogP contribution in [0.4, 0.5) is 0 Å². The van der Waals surface area contributed by atoms with Crippen LogP contribution in [0.5, 0.6) is 0 Å². The molecule has 0 unspecified atom stereocenters. The van der Waals surface area contributed by atoms with E-state index in [1.807, 2.05) is 6.07 Å². The third-order valence-corrected chi connectivity index (χ3v) is 2.84. The lowest BCUT2D eigenvalue weighted by Crippen LogP contribution is -1.99. The highest BCUT2D eigenvalue weighted by molar-refractivity contribution is 7.17. The fourth-order valence-electron chi connectivity index (χ4n) is 0.838. The van der Waals surface area contributed by atoms with Crippen LogP contribution >= 0.6 is 22.9 Å². The lowest BCUT2D eigenvalue weighted by molar-refractivity contribution is -0.139. The number of methoxy groups -OCH3 is 1. The second-order valence-corrected chi connectivity index (χ2v) is 4.18. The Hall–Kier alpha value is -0.800. The van der Waals surface area contributed by atoms with Crippen molar-refractivity contribution in [3.63, 3.8) is 0 Å². The molecule has 0 aliphatic rings. The van der Waals surface area contributed by atoms with Gasteiger partial charge in [-0.25, -0.2) is 0 Å². The zero-order valence-corrected chi connectivity index (χ0v) is 8.74. The summed E-state index contributed by atoms with van der Waals surface area (Å²) in [6, 6.07) is 3.63. The van der Waals surface area contributed by atoms with Gasteiger partial charge in [0.15, 0.2) is 0 Å². The predicted octanol–water partition coefficient (Wildman–Crippen LogP) is 2.98. The topological polar surface area (TPSA) is 26.3 Å². The van der Waals surface area contributed by atoms with E-state index in [-0.39, 0.29) is 12.4 Å². The largest absolute Gasteiger partial charge is 0.469 e. The molecular weight excluding hydrogens is 208 g/mol. The standard InChI is InChI=1S/C9H9ClO2S/c1-6(5-9(11)12-2)7-3-4-8(10)13-7/h3-4H,1,5H2,2H3. The molecule has 0 aromatic carbocycles. The molecule has 0 amide bonds. The van der Waals surface area contributed by atoms with Gasteiger partial charge in [0.05, 0.1) is 17.9 Å². The number of carbonyl (C=O) groups is 1. The van der Waals surface area contributed by atoms with Crippen LogP contribution in [0.25, 0.3) is 5.57 Å². The second-order valence-electron chi connectivity index (χ2n) is 2.46. The van der Waals surface area contributed by atoms with Crippen LogP contribution in [0.3, 0.4) is 0 Å². The van der Waals surface area contributed by atoms with E-state index in [1.54, 1.807) is 6.07 Å². The van der Waals surface area contributed by atoms with E-state index >= 15 is 0 Å². The molecule has 0 atom stereocenters. The van der Waals surface area contributed by atoms with Gasteiger partial charge in [-0.2, -0.15) is 0 Å². The van der Waals surface area contributed by atoms with E-state index in [0.29, 0.717) is 4.34 Å². The molecule has 4 heteroatoms. The summed E-state index contributed by atoms with van der Waals surface area (Å²) in [5.41, 5.74) is 0.740. The second kappa shape index (κ2) is 4.44. The van der Waals surface area contributed by atoms with E-state index in [0.717, 1.165) is 10.5 Å². The Morgan fingerprint density at radius 2 is 2.38 bits per heavy atom. The lowest BCUT2D eigenvalue weighted by Gasteiger charge is -2.00. The highest BCUT2D eigenvalue weighted by Gasteiger charge is 2.07. The minimum Gasteiger partial charge on any atom is -0.469 e. The zero-order chi connectivity index (χ0) is 9.84. The number of thiophene rings is 1. The highest BCUT2D eigenvalue weighted by Crippen LogP contribution is 2.28. The molecule has 0 saturated heterocycles. The molecule has 0 aliphatic carbocycles. The molecule has 0 saturated carbocycles. The molecule has 0 spiro atoms. The Balaban J connectivity index is 2.64. The van der Waals surface area contributed by atoms with Crippen molar-refractivity contribution in [2.24, 2.45) is 0 Å². The van der Waals surface area contributed by atoms with Gasteiger partial charge in [0.2, 0.25) is 0 Å². The molecule has 0 radical (unpaired) electrons. The van der Waals surface area contributed by atoms with Gasteiger partial charge in [-0.1, -0.05) is 18.2 Å². The fraction of sp³-hybridized carbons (Fsp3) is 0.222. The van der Waals surface area contributed by atoms with E-state index in [4.69, 9.17) is 11.6 Å². The van der Waals surface area contributed by atoms with E-state index in [2.05, 4.69) is 11.3 Å². The van der Waals surface area contributed by atoms with Crippen LogP contribution in [-0.2, 0) is 9.53 Å². The van der Waals surface area contributed by atoms with Crippen molar-refractivity contribution in [3.8, 4) is 0 Å². The summed E-state index contributed by atoms with van der Waals surface area (Å²) in [6.07, 6.45) is 0.216. The number of hydrogen-bond donors (Lipinski definition) is 0. The van der Waals surface area contributed by atoms with Gasteiger partial charge in [0.1, 0.15) is 0 Å². The number of ether oxygens (including phenoxy) is 1. The lowest BCUT2D eigenvalue weighted by atomic mass is 10.2. The van der Waals surface area contributed by atoms with Crippen LogP contribution < -0.4 is 0 Å². The van der Waals surface area contributed by atoms with Crippen molar-refractivity contribution in [1.82, 2.24) is 0 Å². The minimum absolute atomic E-state index is 0.216. The van der Waals surface area contributed by atoms with E-state index in [9.17, 15) is 4.79 Å². The average molecular weight is 217 g/mol. The molecule has 13 heavy (non-hydrogen) atoms. The van der Waals surface area contributed by atoms with Crippen molar-refractivity contribution >= 4 is 34.5 Å². The molecule has 0 bridgehead atoms. The SMILES string of the molecule is C=C(CC(=O)OC)c1ccc(Cl)s1. The first-order chi connectivity index (χ1) is 6.13. The minimum atomic E-state index is -0.283. The maximum atomic E-state index is 10.9. The first-order valence-electron chi connectivity index (χ1n) is 3.64. The van der Waals surface area contributed by atoms with Crippen molar-refractivity contribution in [2.75, 3.05) is 7.11 Å². The molecule has 2 nitrogen and oxygen atoms in total. The summed E-state index contributed by atoms with van der Waals surface area (Å²) in [7, 11) is 1.36. The highest BCUT2D eigenvalue weighted by atomic mass is 35.5. The predicted molar refractivity (Wildman–Crippen MR) is 55.0 cm³/mol. The van der Waals surface area contributed by atoms with Gasteiger partial charge in [-0.05, 0) is 17.7 Å². The Morgan fingerprint density at radius 3 is 2.85 bits per heavy atom. The van der Waals surface area contributed by atoms with Gasteiger partial charge < -0.3 is 4.74 Å². The van der Waals surface area contributed by atoms with Gasteiger partial charge >= 0.3 is 5.97 Å². The summed E-state index contributed by atoms with van der Waals surface area (Å²) in [5.74, 6) is -0.283. The van der Waals surface area contributed by atoms with Crippen LogP contribution in [0.1, 0.15) is 11.3 Å². The Bertz CT molecular complexity index is 330. The van der Waals surface area contributed by atoms with Gasteiger partial charge in [-0.15, -0.1) is 11.3 Å². The number of carbonyl (C=O) groups excluding carboxylic acids is 1. The van der Waals surface area contributed by atoms with Crippen molar-refractivity contribution < 1.29 is 9.53 Å².